The Balaban J connectivity index is 1.79. The highest BCUT2D eigenvalue weighted by Gasteiger charge is 2.14. The van der Waals surface area contributed by atoms with Crippen LogP contribution in [0, 0.1) is 0 Å². The molecule has 0 fully saturated rings. The lowest BCUT2D eigenvalue weighted by atomic mass is 10.0. The standard InChI is InChI=1S/C18H19N5O2/c1-25-13-8-11(9-21-10-13)4-2-5-12-6-3-7-14-15(19)17(18(20)24)23-22-16(12)14/h3,6-10H,2,4-5H2,1H3,(H2,19,22)(H2,20,24). The molecule has 0 aliphatic heterocycles. The van der Waals surface area contributed by atoms with E-state index in [1.54, 1.807) is 13.3 Å². The summed E-state index contributed by atoms with van der Waals surface area (Å²) in [4.78, 5) is 15.5. The van der Waals surface area contributed by atoms with Gasteiger partial charge in [0.2, 0.25) is 0 Å². The van der Waals surface area contributed by atoms with Gasteiger partial charge in [-0.15, -0.1) is 10.2 Å². The van der Waals surface area contributed by atoms with E-state index in [0.29, 0.717) is 10.9 Å². The topological polar surface area (TPSA) is 117 Å². The number of fused-ring (bicyclic) bond motifs is 1. The zero-order valence-corrected chi connectivity index (χ0v) is 13.9. The van der Waals surface area contributed by atoms with Crippen molar-refractivity contribution in [2.75, 3.05) is 12.8 Å². The van der Waals surface area contributed by atoms with E-state index in [4.69, 9.17) is 16.2 Å². The monoisotopic (exact) mass is 337 g/mol. The van der Waals surface area contributed by atoms with Gasteiger partial charge in [0.05, 0.1) is 24.5 Å². The average molecular weight is 337 g/mol. The summed E-state index contributed by atoms with van der Waals surface area (Å²) in [6.45, 7) is 0. The summed E-state index contributed by atoms with van der Waals surface area (Å²) in [7, 11) is 1.63. The van der Waals surface area contributed by atoms with Crippen molar-refractivity contribution in [1.82, 2.24) is 15.2 Å². The van der Waals surface area contributed by atoms with E-state index in [1.165, 1.54) is 0 Å². The number of aryl methyl sites for hydroxylation is 2. The van der Waals surface area contributed by atoms with Crippen LogP contribution < -0.4 is 16.2 Å². The van der Waals surface area contributed by atoms with Gasteiger partial charge in [0, 0.05) is 11.6 Å². The molecule has 128 valence electrons. The number of amides is 1. The number of benzene rings is 1. The SMILES string of the molecule is COc1cncc(CCCc2cccc3c(N)c(C(N)=O)nnc23)c1. The average Bonchev–Trinajstić information content (AvgIpc) is 2.62. The molecule has 4 N–H and O–H groups in total. The lowest BCUT2D eigenvalue weighted by Gasteiger charge is -2.09. The number of nitrogens with zero attached hydrogens (tertiary/aromatic N) is 3. The number of carbonyl (C=O) groups is 1. The van der Waals surface area contributed by atoms with Crippen molar-refractivity contribution < 1.29 is 9.53 Å². The highest BCUT2D eigenvalue weighted by molar-refractivity contribution is 6.04. The Bertz CT molecular complexity index is 926. The molecule has 3 rings (SSSR count). The molecule has 0 aliphatic rings. The molecule has 0 saturated heterocycles. The quantitative estimate of drug-likeness (QED) is 0.709. The predicted molar refractivity (Wildman–Crippen MR) is 95.3 cm³/mol. The number of primary amides is 1. The zero-order valence-electron chi connectivity index (χ0n) is 13.9. The van der Waals surface area contributed by atoms with Crippen molar-refractivity contribution in [1.29, 1.82) is 0 Å². The third-order valence-electron chi connectivity index (χ3n) is 4.07. The number of nitrogen functional groups attached to an aromatic ring is 1. The fourth-order valence-corrected chi connectivity index (χ4v) is 2.79. The second kappa shape index (κ2) is 7.12. The maximum absolute atomic E-state index is 11.4. The van der Waals surface area contributed by atoms with Crippen molar-refractivity contribution in [3.63, 3.8) is 0 Å². The van der Waals surface area contributed by atoms with E-state index >= 15 is 0 Å². The minimum Gasteiger partial charge on any atom is -0.495 e. The first kappa shape index (κ1) is 16.6. The van der Waals surface area contributed by atoms with Gasteiger partial charge in [-0.2, -0.15) is 0 Å². The Morgan fingerprint density at radius 3 is 2.80 bits per heavy atom. The van der Waals surface area contributed by atoms with Crippen molar-refractivity contribution in [2.45, 2.75) is 19.3 Å². The summed E-state index contributed by atoms with van der Waals surface area (Å²) in [6, 6.07) is 7.69. The van der Waals surface area contributed by atoms with Gasteiger partial charge in [0.1, 0.15) is 5.75 Å². The minimum absolute atomic E-state index is 0.00658. The van der Waals surface area contributed by atoms with E-state index in [9.17, 15) is 4.79 Å². The van der Waals surface area contributed by atoms with Crippen molar-refractivity contribution >= 4 is 22.5 Å². The molecule has 0 bridgehead atoms. The maximum Gasteiger partial charge on any atom is 0.271 e. The van der Waals surface area contributed by atoms with Crippen molar-refractivity contribution in [3.8, 4) is 5.75 Å². The van der Waals surface area contributed by atoms with Gasteiger partial charge in [-0.05, 0) is 36.5 Å². The van der Waals surface area contributed by atoms with Crippen LogP contribution in [0.15, 0.2) is 36.7 Å². The summed E-state index contributed by atoms with van der Waals surface area (Å²) in [5.74, 6) is 0.0723. The molecular formula is C18H19N5O2. The number of aromatic nitrogens is 3. The van der Waals surface area contributed by atoms with Crippen LogP contribution in [0.25, 0.3) is 10.9 Å². The molecule has 0 radical (unpaired) electrons. The number of carbonyl (C=O) groups excluding carboxylic acids is 1. The summed E-state index contributed by atoms with van der Waals surface area (Å²) in [6.07, 6.45) is 6.10. The largest absolute Gasteiger partial charge is 0.495 e. The fraction of sp³-hybridized carbons (Fsp3) is 0.222. The van der Waals surface area contributed by atoms with E-state index in [1.807, 2.05) is 30.5 Å². The fourth-order valence-electron chi connectivity index (χ4n) is 2.79. The molecule has 3 aromatic rings. The molecule has 0 saturated carbocycles. The molecule has 1 amide bonds. The number of rotatable bonds is 6. The highest BCUT2D eigenvalue weighted by atomic mass is 16.5. The number of anilines is 1. The molecule has 7 heteroatoms. The molecule has 0 atom stereocenters. The molecule has 0 spiro atoms. The van der Waals surface area contributed by atoms with Crippen LogP contribution in [-0.4, -0.2) is 28.2 Å². The summed E-state index contributed by atoms with van der Waals surface area (Å²) in [5.41, 5.74) is 14.4. The molecule has 1 aromatic carbocycles. The van der Waals surface area contributed by atoms with Gasteiger partial charge in [-0.1, -0.05) is 18.2 Å². The smallest absolute Gasteiger partial charge is 0.271 e. The second-order valence-corrected chi connectivity index (χ2v) is 5.73. The lowest BCUT2D eigenvalue weighted by Crippen LogP contribution is -2.17. The Kier molecular flexibility index (Phi) is 4.74. The van der Waals surface area contributed by atoms with E-state index in [2.05, 4.69) is 15.2 Å². The van der Waals surface area contributed by atoms with Crippen LogP contribution in [0.4, 0.5) is 5.69 Å². The van der Waals surface area contributed by atoms with E-state index < -0.39 is 5.91 Å². The van der Waals surface area contributed by atoms with Gasteiger partial charge in [0.25, 0.3) is 5.91 Å². The van der Waals surface area contributed by atoms with Gasteiger partial charge in [-0.3, -0.25) is 9.78 Å². The molecule has 0 aliphatic carbocycles. The minimum atomic E-state index is -0.678. The van der Waals surface area contributed by atoms with Crippen LogP contribution >= 0.6 is 0 Å². The van der Waals surface area contributed by atoms with E-state index in [-0.39, 0.29) is 11.4 Å². The first-order valence-electron chi connectivity index (χ1n) is 7.91. The first-order valence-corrected chi connectivity index (χ1v) is 7.91. The third-order valence-corrected chi connectivity index (χ3v) is 4.07. The van der Waals surface area contributed by atoms with Gasteiger partial charge in [-0.25, -0.2) is 0 Å². The number of pyridine rings is 1. The van der Waals surface area contributed by atoms with Crippen LogP contribution in [0.5, 0.6) is 5.75 Å². The van der Waals surface area contributed by atoms with Gasteiger partial charge < -0.3 is 16.2 Å². The number of hydrogen-bond acceptors (Lipinski definition) is 6. The van der Waals surface area contributed by atoms with Crippen molar-refractivity contribution in [2.24, 2.45) is 5.73 Å². The van der Waals surface area contributed by atoms with Crippen LogP contribution in [0.2, 0.25) is 0 Å². The molecule has 2 aromatic heterocycles. The summed E-state index contributed by atoms with van der Waals surface area (Å²) in [5, 5.41) is 8.73. The molecule has 7 nitrogen and oxygen atoms in total. The normalized spacial score (nSPS) is 10.8. The highest BCUT2D eigenvalue weighted by Crippen LogP contribution is 2.25. The Hall–Kier alpha value is -3.22. The molecular weight excluding hydrogens is 318 g/mol. The van der Waals surface area contributed by atoms with Crippen LogP contribution in [-0.2, 0) is 12.8 Å². The third kappa shape index (κ3) is 3.50. The Labute approximate surface area is 145 Å². The summed E-state index contributed by atoms with van der Waals surface area (Å²) < 4.78 is 5.19. The van der Waals surface area contributed by atoms with Crippen LogP contribution in [0.1, 0.15) is 28.0 Å². The second-order valence-electron chi connectivity index (χ2n) is 5.73. The first-order chi connectivity index (χ1) is 12.1. The Morgan fingerprint density at radius 1 is 1.20 bits per heavy atom. The van der Waals surface area contributed by atoms with E-state index in [0.717, 1.165) is 36.1 Å². The van der Waals surface area contributed by atoms with Gasteiger partial charge in [0.15, 0.2) is 5.69 Å². The molecule has 25 heavy (non-hydrogen) atoms. The molecule has 0 unspecified atom stereocenters. The predicted octanol–water partition coefficient (Wildman–Crippen LogP) is 1.89. The number of methoxy groups -OCH3 is 1. The maximum atomic E-state index is 11.4. The Morgan fingerprint density at radius 2 is 2.04 bits per heavy atom. The summed E-state index contributed by atoms with van der Waals surface area (Å²) >= 11 is 0. The lowest BCUT2D eigenvalue weighted by molar-refractivity contribution is 0.0996. The van der Waals surface area contributed by atoms with Crippen LogP contribution in [0.3, 0.4) is 0 Å². The number of hydrogen-bond donors (Lipinski definition) is 2. The van der Waals surface area contributed by atoms with Crippen molar-refractivity contribution in [3.05, 3.63) is 53.5 Å². The molecule has 2 heterocycles. The van der Waals surface area contributed by atoms with Gasteiger partial charge >= 0.3 is 0 Å². The zero-order chi connectivity index (χ0) is 17.8. The number of nitrogens with two attached hydrogens (primary N) is 2. The number of ether oxygens (including phenoxy) is 1.